The van der Waals surface area contributed by atoms with Crippen molar-refractivity contribution in [2.24, 2.45) is 0 Å². The van der Waals surface area contributed by atoms with E-state index in [2.05, 4.69) is 10.4 Å². The van der Waals surface area contributed by atoms with Gasteiger partial charge in [-0.1, -0.05) is 12.1 Å². The van der Waals surface area contributed by atoms with Crippen molar-refractivity contribution >= 4 is 17.7 Å². The Hall–Kier alpha value is -3.95. The fourth-order valence-corrected chi connectivity index (χ4v) is 4.03. The highest BCUT2D eigenvalue weighted by atomic mass is 16.3. The lowest BCUT2D eigenvalue weighted by molar-refractivity contribution is -0.121. The van der Waals surface area contributed by atoms with Crippen LogP contribution in [0.4, 0.5) is 0 Å². The van der Waals surface area contributed by atoms with Gasteiger partial charge < -0.3 is 9.73 Å². The second kappa shape index (κ2) is 8.53. The molecule has 170 valence electrons. The van der Waals surface area contributed by atoms with Gasteiger partial charge in [0, 0.05) is 25.6 Å². The first kappa shape index (κ1) is 20.9. The zero-order valence-corrected chi connectivity index (χ0v) is 17.9. The van der Waals surface area contributed by atoms with Crippen molar-refractivity contribution in [1.82, 2.24) is 24.6 Å². The molecule has 1 fully saturated rings. The average molecular weight is 449 g/mol. The smallest absolute Gasteiger partial charge is 0.346 e. The summed E-state index contributed by atoms with van der Waals surface area (Å²) in [4.78, 5) is 50.9. The normalized spacial score (nSPS) is 15.2. The molecule has 3 aromatic rings. The maximum absolute atomic E-state index is 12.8. The molecule has 1 aliphatic carbocycles. The molecule has 1 saturated carbocycles. The van der Waals surface area contributed by atoms with Gasteiger partial charge in [-0.2, -0.15) is 0 Å². The summed E-state index contributed by atoms with van der Waals surface area (Å²) < 4.78 is 8.41. The van der Waals surface area contributed by atoms with E-state index >= 15 is 0 Å². The molecule has 10 heteroatoms. The van der Waals surface area contributed by atoms with Gasteiger partial charge in [-0.15, -0.1) is 5.10 Å². The number of aromatic nitrogens is 3. The Balaban J connectivity index is 1.12. The van der Waals surface area contributed by atoms with Gasteiger partial charge in [-0.05, 0) is 43.5 Å². The lowest BCUT2D eigenvalue weighted by atomic mass is 10.1. The first-order valence-electron chi connectivity index (χ1n) is 11.0. The number of rotatable bonds is 9. The molecule has 5 rings (SSSR count). The first-order chi connectivity index (χ1) is 16.0. The van der Waals surface area contributed by atoms with Crippen molar-refractivity contribution in [3.8, 4) is 11.6 Å². The highest BCUT2D eigenvalue weighted by Gasteiger charge is 2.34. The summed E-state index contributed by atoms with van der Waals surface area (Å²) in [6, 6.07) is 10.4. The Labute approximate surface area is 188 Å². The molecule has 0 unspecified atom stereocenters. The number of carbonyl (C=O) groups excluding carboxylic acids is 3. The number of amides is 3. The summed E-state index contributed by atoms with van der Waals surface area (Å²) in [6.45, 7) is 0.652. The minimum atomic E-state index is -0.325. The van der Waals surface area contributed by atoms with Gasteiger partial charge in [0.25, 0.3) is 11.8 Å². The number of furan rings is 1. The maximum atomic E-state index is 12.8. The van der Waals surface area contributed by atoms with E-state index in [0.717, 1.165) is 12.8 Å². The van der Waals surface area contributed by atoms with Crippen LogP contribution in [0.3, 0.4) is 0 Å². The van der Waals surface area contributed by atoms with Gasteiger partial charge in [-0.25, -0.2) is 9.48 Å². The van der Waals surface area contributed by atoms with E-state index in [-0.39, 0.29) is 55.5 Å². The SMILES string of the molecule is O=C(CCCN1C(=O)c2ccccc2C1=O)NCCn1nc(-c2ccco2)n(C2CC2)c1=O. The highest BCUT2D eigenvalue weighted by molar-refractivity contribution is 6.21. The Morgan fingerprint density at radius 2 is 1.76 bits per heavy atom. The molecule has 1 aliphatic heterocycles. The van der Waals surface area contributed by atoms with Gasteiger partial charge in [-0.3, -0.25) is 23.9 Å². The highest BCUT2D eigenvalue weighted by Crippen LogP contribution is 2.36. The summed E-state index contributed by atoms with van der Waals surface area (Å²) in [5.41, 5.74) is 0.581. The molecule has 2 aromatic heterocycles. The Morgan fingerprint density at radius 1 is 1.03 bits per heavy atom. The summed E-state index contributed by atoms with van der Waals surface area (Å²) in [7, 11) is 0. The Kier molecular flexibility index (Phi) is 5.41. The monoisotopic (exact) mass is 449 g/mol. The van der Waals surface area contributed by atoms with E-state index in [1.54, 1.807) is 41.0 Å². The summed E-state index contributed by atoms with van der Waals surface area (Å²) in [6.07, 6.45) is 3.93. The summed E-state index contributed by atoms with van der Waals surface area (Å²) >= 11 is 0. The number of imide groups is 1. The van der Waals surface area contributed by atoms with Crippen LogP contribution in [-0.4, -0.2) is 50.1 Å². The summed E-state index contributed by atoms with van der Waals surface area (Å²) in [5, 5.41) is 7.17. The Morgan fingerprint density at radius 3 is 2.39 bits per heavy atom. The van der Waals surface area contributed by atoms with Crippen LogP contribution in [0.1, 0.15) is 52.4 Å². The van der Waals surface area contributed by atoms with Crippen LogP contribution in [0.15, 0.2) is 51.9 Å². The fourth-order valence-electron chi connectivity index (χ4n) is 4.03. The van der Waals surface area contributed by atoms with Crippen LogP contribution in [0, 0.1) is 0 Å². The van der Waals surface area contributed by atoms with E-state index in [9.17, 15) is 19.2 Å². The lowest BCUT2D eigenvalue weighted by Crippen LogP contribution is -2.33. The van der Waals surface area contributed by atoms with Crippen LogP contribution in [0.5, 0.6) is 0 Å². The number of benzene rings is 1. The molecule has 1 aromatic carbocycles. The molecule has 0 bridgehead atoms. The van der Waals surface area contributed by atoms with Crippen molar-refractivity contribution in [2.45, 2.75) is 38.3 Å². The molecular weight excluding hydrogens is 426 g/mol. The maximum Gasteiger partial charge on any atom is 0.346 e. The molecule has 33 heavy (non-hydrogen) atoms. The van der Waals surface area contributed by atoms with Gasteiger partial charge in [0.15, 0.2) is 5.76 Å². The van der Waals surface area contributed by atoms with Crippen LogP contribution < -0.4 is 11.0 Å². The Bertz CT molecular complexity index is 1230. The summed E-state index contributed by atoms with van der Waals surface area (Å²) in [5.74, 6) is 0.172. The van der Waals surface area contributed by atoms with Gasteiger partial charge in [0.05, 0.1) is 23.9 Å². The molecule has 3 amide bonds. The largest absolute Gasteiger partial charge is 0.461 e. The van der Waals surface area contributed by atoms with Gasteiger partial charge in [0.2, 0.25) is 11.7 Å². The third-order valence-corrected chi connectivity index (χ3v) is 5.83. The number of carbonyl (C=O) groups is 3. The number of hydrogen-bond acceptors (Lipinski definition) is 6. The van der Waals surface area contributed by atoms with Crippen LogP contribution in [0.25, 0.3) is 11.6 Å². The number of nitrogens with zero attached hydrogens (tertiary/aromatic N) is 4. The minimum absolute atomic E-state index is 0.142. The van der Waals surface area contributed by atoms with Crippen LogP contribution in [0.2, 0.25) is 0 Å². The van der Waals surface area contributed by atoms with E-state index in [1.165, 1.54) is 15.8 Å². The van der Waals surface area contributed by atoms with Crippen molar-refractivity contribution in [1.29, 1.82) is 0 Å². The van der Waals surface area contributed by atoms with E-state index in [0.29, 0.717) is 29.1 Å². The molecule has 0 atom stereocenters. The molecule has 0 radical (unpaired) electrons. The minimum Gasteiger partial charge on any atom is -0.461 e. The number of hydrogen-bond donors (Lipinski definition) is 1. The van der Waals surface area contributed by atoms with Crippen molar-refractivity contribution in [3.63, 3.8) is 0 Å². The number of nitrogens with one attached hydrogen (secondary N) is 1. The molecular formula is C23H23N5O5. The van der Waals surface area contributed by atoms with Crippen molar-refractivity contribution in [3.05, 3.63) is 64.3 Å². The van der Waals surface area contributed by atoms with Crippen molar-refractivity contribution in [2.75, 3.05) is 13.1 Å². The van der Waals surface area contributed by atoms with Crippen LogP contribution >= 0.6 is 0 Å². The molecule has 1 N–H and O–H groups in total. The van der Waals surface area contributed by atoms with E-state index < -0.39 is 0 Å². The molecule has 0 spiro atoms. The zero-order chi connectivity index (χ0) is 22.9. The molecule has 2 aliphatic rings. The van der Waals surface area contributed by atoms with Gasteiger partial charge in [0.1, 0.15) is 0 Å². The third kappa shape index (κ3) is 3.99. The average Bonchev–Trinajstić information content (AvgIpc) is 3.30. The topological polar surface area (TPSA) is 119 Å². The fraction of sp³-hybridized carbons (Fsp3) is 0.348. The van der Waals surface area contributed by atoms with Crippen molar-refractivity contribution < 1.29 is 18.8 Å². The third-order valence-electron chi connectivity index (χ3n) is 5.83. The quantitative estimate of drug-likeness (QED) is 0.498. The standard InChI is InChI=1S/C23H23N5O5/c29-19(8-3-12-26-21(30)16-5-1-2-6-17(16)22(26)31)24-11-13-27-23(32)28(15-9-10-15)20(25-27)18-7-4-14-33-18/h1-2,4-7,14-15H,3,8-13H2,(H,24,29). The predicted molar refractivity (Wildman–Crippen MR) is 117 cm³/mol. The van der Waals surface area contributed by atoms with E-state index in [1.807, 2.05) is 0 Å². The molecule has 3 heterocycles. The van der Waals surface area contributed by atoms with Gasteiger partial charge >= 0.3 is 5.69 Å². The lowest BCUT2D eigenvalue weighted by Gasteiger charge is -2.13. The first-order valence-corrected chi connectivity index (χ1v) is 11.0. The zero-order valence-electron chi connectivity index (χ0n) is 17.9. The second-order valence-electron chi connectivity index (χ2n) is 8.17. The predicted octanol–water partition coefficient (Wildman–Crippen LogP) is 1.83. The molecule has 0 saturated heterocycles. The van der Waals surface area contributed by atoms with Crippen LogP contribution in [-0.2, 0) is 11.3 Å². The van der Waals surface area contributed by atoms with E-state index in [4.69, 9.17) is 4.42 Å². The molecule has 10 nitrogen and oxygen atoms in total. The number of fused-ring (bicyclic) bond motifs is 1. The second-order valence-corrected chi connectivity index (χ2v) is 8.17.